The van der Waals surface area contributed by atoms with E-state index >= 15 is 0 Å². The van der Waals surface area contributed by atoms with E-state index in [2.05, 4.69) is 21.9 Å². The summed E-state index contributed by atoms with van der Waals surface area (Å²) in [7, 11) is 1.60. The predicted molar refractivity (Wildman–Crippen MR) is 91.8 cm³/mol. The summed E-state index contributed by atoms with van der Waals surface area (Å²) in [5.74, 6) is 0.652. The summed E-state index contributed by atoms with van der Waals surface area (Å²) in [6.45, 7) is 0. The molecule has 23 heavy (non-hydrogen) atoms. The second-order valence-corrected chi connectivity index (χ2v) is 5.43. The minimum Gasteiger partial charge on any atom is -0.495 e. The minimum atomic E-state index is 0.562. The summed E-state index contributed by atoms with van der Waals surface area (Å²) in [5, 5.41) is 2.32. The third-order valence-corrected chi connectivity index (χ3v) is 3.68. The smallest absolute Gasteiger partial charge is 0.137 e. The molecule has 0 fully saturated rings. The number of rotatable bonds is 5. The maximum absolute atomic E-state index is 6.12. The number of benzene rings is 1. The fourth-order valence-electron chi connectivity index (χ4n) is 2.20. The van der Waals surface area contributed by atoms with Crippen molar-refractivity contribution >= 4 is 17.3 Å². The average Bonchev–Trinajstić information content (AvgIpc) is 2.58. The third-order valence-electron chi connectivity index (χ3n) is 3.39. The maximum Gasteiger partial charge on any atom is 0.137 e. The summed E-state index contributed by atoms with van der Waals surface area (Å²) in [6.07, 6.45) is 10.4. The van der Waals surface area contributed by atoms with Crippen molar-refractivity contribution in [3.05, 3.63) is 77.4 Å². The number of pyridine rings is 1. The van der Waals surface area contributed by atoms with E-state index in [1.165, 1.54) is 11.1 Å². The first-order valence-corrected chi connectivity index (χ1v) is 7.54. The molecule has 0 radical (unpaired) electrons. The lowest BCUT2D eigenvalue weighted by atomic mass is 10.1. The number of hydrogen-bond donors (Lipinski definition) is 2. The summed E-state index contributed by atoms with van der Waals surface area (Å²) < 4.78 is 5.14. The molecule has 2 N–H and O–H groups in total. The zero-order valence-electron chi connectivity index (χ0n) is 12.7. The molecule has 2 heterocycles. The Morgan fingerprint density at radius 3 is 2.74 bits per heavy atom. The number of nitrogens with one attached hydrogen (secondary N) is 2. The lowest BCUT2D eigenvalue weighted by Crippen LogP contribution is -2.36. The molecule has 3 rings (SSSR count). The Balaban J connectivity index is 1.59. The Morgan fingerprint density at radius 2 is 2.09 bits per heavy atom. The van der Waals surface area contributed by atoms with Gasteiger partial charge in [-0.3, -0.25) is 15.8 Å². The molecule has 0 saturated heterocycles. The molecule has 0 amide bonds. The summed E-state index contributed by atoms with van der Waals surface area (Å²) in [6, 6.07) is 9.56. The number of hydrazine groups is 2. The van der Waals surface area contributed by atoms with Crippen molar-refractivity contribution in [1.29, 1.82) is 0 Å². The average molecular weight is 329 g/mol. The molecule has 5 nitrogen and oxygen atoms in total. The van der Waals surface area contributed by atoms with Crippen LogP contribution in [-0.4, -0.2) is 17.2 Å². The van der Waals surface area contributed by atoms with E-state index in [9.17, 15) is 0 Å². The first-order chi connectivity index (χ1) is 11.2. The van der Waals surface area contributed by atoms with E-state index < -0.39 is 0 Å². The highest BCUT2D eigenvalue weighted by molar-refractivity contribution is 6.32. The quantitative estimate of drug-likeness (QED) is 0.879. The molecule has 0 bridgehead atoms. The monoisotopic (exact) mass is 328 g/mol. The molecule has 1 aromatic carbocycles. The van der Waals surface area contributed by atoms with Crippen LogP contribution in [0, 0.1) is 0 Å². The van der Waals surface area contributed by atoms with Gasteiger partial charge in [-0.1, -0.05) is 11.6 Å². The van der Waals surface area contributed by atoms with Crippen molar-refractivity contribution in [3.8, 4) is 5.75 Å². The van der Waals surface area contributed by atoms with E-state index in [-0.39, 0.29) is 0 Å². The van der Waals surface area contributed by atoms with E-state index in [0.29, 0.717) is 10.8 Å². The highest BCUT2D eigenvalue weighted by Crippen LogP contribution is 2.27. The molecule has 6 heteroatoms. The first-order valence-electron chi connectivity index (χ1n) is 7.16. The van der Waals surface area contributed by atoms with Crippen molar-refractivity contribution in [2.45, 2.75) is 6.42 Å². The number of hydrogen-bond acceptors (Lipinski definition) is 5. The zero-order chi connectivity index (χ0) is 16.1. The molecule has 0 saturated carbocycles. The standard InChI is InChI=1S/C17H17ClN4O/c1-23-17-3-2-15(11-16(17)18)21-22-9-6-14(12-20-22)10-13-4-7-19-8-5-13/h2-9,11-12,20-21H,10H2,1H3. The highest BCUT2D eigenvalue weighted by atomic mass is 35.5. The zero-order valence-corrected chi connectivity index (χ0v) is 13.4. The van der Waals surface area contributed by atoms with E-state index in [0.717, 1.165) is 12.1 Å². The van der Waals surface area contributed by atoms with Gasteiger partial charge >= 0.3 is 0 Å². The van der Waals surface area contributed by atoms with Gasteiger partial charge in [0.2, 0.25) is 0 Å². The van der Waals surface area contributed by atoms with Crippen molar-refractivity contribution < 1.29 is 4.74 Å². The normalized spacial score (nSPS) is 13.3. The Kier molecular flexibility index (Phi) is 4.68. The van der Waals surface area contributed by atoms with Gasteiger partial charge in [0.25, 0.3) is 0 Å². The van der Waals surface area contributed by atoms with Gasteiger partial charge in [0.05, 0.1) is 17.8 Å². The van der Waals surface area contributed by atoms with Gasteiger partial charge in [-0.25, -0.2) is 5.12 Å². The van der Waals surface area contributed by atoms with E-state index in [1.54, 1.807) is 24.6 Å². The van der Waals surface area contributed by atoms with Crippen LogP contribution in [0.5, 0.6) is 5.75 Å². The molecule has 0 unspecified atom stereocenters. The fraction of sp³-hybridized carbons (Fsp3) is 0.118. The number of allylic oxidation sites excluding steroid dienone is 2. The molecular weight excluding hydrogens is 312 g/mol. The van der Waals surface area contributed by atoms with Crippen molar-refractivity contribution in [2.24, 2.45) is 0 Å². The lowest BCUT2D eigenvalue weighted by molar-refractivity contribution is 0.373. The SMILES string of the molecule is COc1ccc(NN2C=CC(Cc3ccncc3)=CN2)cc1Cl. The topological polar surface area (TPSA) is 49.4 Å². The van der Waals surface area contributed by atoms with Crippen LogP contribution in [-0.2, 0) is 6.42 Å². The van der Waals surface area contributed by atoms with Gasteiger partial charge in [-0.15, -0.1) is 0 Å². The second-order valence-electron chi connectivity index (χ2n) is 5.03. The van der Waals surface area contributed by atoms with Gasteiger partial charge in [0.15, 0.2) is 0 Å². The van der Waals surface area contributed by atoms with Crippen molar-refractivity contribution in [2.75, 3.05) is 12.5 Å². The predicted octanol–water partition coefficient (Wildman–Crippen LogP) is 3.53. The Bertz CT molecular complexity index is 731. The number of aromatic nitrogens is 1. The van der Waals surface area contributed by atoms with Crippen LogP contribution in [0.25, 0.3) is 0 Å². The summed E-state index contributed by atoms with van der Waals surface area (Å²) >= 11 is 6.12. The highest BCUT2D eigenvalue weighted by Gasteiger charge is 2.07. The van der Waals surface area contributed by atoms with Crippen LogP contribution in [0.1, 0.15) is 5.56 Å². The first kappa shape index (κ1) is 15.2. The van der Waals surface area contributed by atoms with Crippen LogP contribution in [0.2, 0.25) is 5.02 Å². The van der Waals surface area contributed by atoms with Crippen molar-refractivity contribution in [1.82, 2.24) is 15.5 Å². The number of methoxy groups -OCH3 is 1. The van der Waals surface area contributed by atoms with Crippen LogP contribution in [0.15, 0.2) is 66.8 Å². The van der Waals surface area contributed by atoms with Gasteiger partial charge < -0.3 is 4.74 Å². The molecule has 0 aliphatic carbocycles. The minimum absolute atomic E-state index is 0.562. The Labute approximate surface area is 140 Å². The molecular formula is C17H17ClN4O. The summed E-state index contributed by atoms with van der Waals surface area (Å²) in [4.78, 5) is 4.03. The third kappa shape index (κ3) is 3.96. The molecule has 1 aliphatic rings. The van der Waals surface area contributed by atoms with Crippen LogP contribution < -0.4 is 15.6 Å². The van der Waals surface area contributed by atoms with E-state index in [4.69, 9.17) is 16.3 Å². The molecule has 118 valence electrons. The van der Waals surface area contributed by atoms with Crippen LogP contribution in [0.3, 0.4) is 0 Å². The Morgan fingerprint density at radius 1 is 1.26 bits per heavy atom. The largest absolute Gasteiger partial charge is 0.495 e. The van der Waals surface area contributed by atoms with Gasteiger partial charge in [0, 0.05) is 24.8 Å². The van der Waals surface area contributed by atoms with Gasteiger partial charge in [-0.2, -0.15) is 0 Å². The molecule has 2 aromatic rings. The van der Waals surface area contributed by atoms with Crippen molar-refractivity contribution in [3.63, 3.8) is 0 Å². The lowest BCUT2D eigenvalue weighted by Gasteiger charge is -2.25. The van der Waals surface area contributed by atoms with Gasteiger partial charge in [-0.05, 0) is 54.0 Å². The maximum atomic E-state index is 6.12. The molecule has 0 atom stereocenters. The molecule has 1 aromatic heterocycles. The van der Waals surface area contributed by atoms with Gasteiger partial charge in [0.1, 0.15) is 5.75 Å². The number of ether oxygens (including phenoxy) is 1. The Hall–Kier alpha value is -2.66. The van der Waals surface area contributed by atoms with Crippen LogP contribution in [0.4, 0.5) is 5.69 Å². The number of halogens is 1. The number of anilines is 1. The molecule has 1 aliphatic heterocycles. The molecule has 0 spiro atoms. The second kappa shape index (κ2) is 7.07. The summed E-state index contributed by atoms with van der Waals surface area (Å²) in [5.41, 5.74) is 9.63. The van der Waals surface area contributed by atoms with Crippen LogP contribution >= 0.6 is 11.6 Å². The van der Waals surface area contributed by atoms with E-state index in [1.807, 2.05) is 42.7 Å². The number of nitrogens with zero attached hydrogens (tertiary/aromatic N) is 2. The fourth-order valence-corrected chi connectivity index (χ4v) is 2.46.